The number of benzene rings is 1. The Morgan fingerprint density at radius 1 is 1.44 bits per heavy atom. The number of para-hydroxylation sites is 1. The first-order chi connectivity index (χ1) is 7.20. The van der Waals surface area contributed by atoms with E-state index in [9.17, 15) is 13.9 Å². The van der Waals surface area contributed by atoms with Crippen LogP contribution in [0.2, 0.25) is 13.1 Å². The van der Waals surface area contributed by atoms with Crippen molar-refractivity contribution in [2.45, 2.75) is 19.1 Å². The number of halogens is 1. The summed E-state index contributed by atoms with van der Waals surface area (Å²) in [6.07, 6.45) is 0. The van der Waals surface area contributed by atoms with Crippen molar-refractivity contribution in [2.75, 3.05) is 0 Å². The topological polar surface area (TPSA) is 66.8 Å². The van der Waals surface area contributed by atoms with Crippen molar-refractivity contribution in [3.63, 3.8) is 0 Å². The lowest BCUT2D eigenvalue weighted by Gasteiger charge is -2.22. The van der Waals surface area contributed by atoms with Crippen LogP contribution in [0.4, 0.5) is 4.20 Å². The fourth-order valence-electron chi connectivity index (χ4n) is 1.46. The molecule has 0 aliphatic carbocycles. The van der Waals surface area contributed by atoms with Gasteiger partial charge in [0.05, 0.1) is 0 Å². The largest absolute Gasteiger partial charge is 0.508 e. The van der Waals surface area contributed by atoms with Crippen molar-refractivity contribution in [3.8, 4) is 5.75 Å². The van der Waals surface area contributed by atoms with E-state index in [2.05, 4.69) is 4.21 Å². The Morgan fingerprint density at radius 2 is 2.00 bits per heavy atom. The van der Waals surface area contributed by atoms with Crippen LogP contribution >= 0.6 is 7.91 Å². The van der Waals surface area contributed by atoms with Gasteiger partial charge in [0.2, 0.25) is 8.32 Å². The van der Waals surface area contributed by atoms with Gasteiger partial charge in [-0.3, -0.25) is 4.89 Å². The van der Waals surface area contributed by atoms with Gasteiger partial charge in [-0.15, -0.1) is 4.20 Å². The van der Waals surface area contributed by atoms with Gasteiger partial charge in [0.15, 0.2) is 0 Å². The average Bonchev–Trinajstić information content (AvgIpc) is 2.04. The van der Waals surface area contributed by atoms with Gasteiger partial charge in [-0.25, -0.2) is 4.57 Å². The van der Waals surface area contributed by atoms with Gasteiger partial charge in [0.25, 0.3) is 0 Å². The van der Waals surface area contributed by atoms with E-state index in [0.717, 1.165) is 0 Å². The highest BCUT2D eigenvalue weighted by atomic mass is 31.2. The van der Waals surface area contributed by atoms with Crippen molar-refractivity contribution < 1.29 is 23.0 Å². The molecule has 0 heterocycles. The van der Waals surface area contributed by atoms with Crippen LogP contribution in [0.15, 0.2) is 24.3 Å². The molecule has 0 fully saturated rings. The molecular formula is C9H14FO4PSi. The van der Waals surface area contributed by atoms with E-state index in [1.165, 1.54) is 6.07 Å². The van der Waals surface area contributed by atoms with Crippen molar-refractivity contribution in [1.82, 2.24) is 0 Å². The van der Waals surface area contributed by atoms with E-state index in [4.69, 9.17) is 4.89 Å². The summed E-state index contributed by atoms with van der Waals surface area (Å²) >= 11 is 0. The Morgan fingerprint density at radius 3 is 2.50 bits per heavy atom. The lowest BCUT2D eigenvalue weighted by atomic mass is 10.2. The van der Waals surface area contributed by atoms with Crippen LogP contribution in [0.3, 0.4) is 0 Å². The summed E-state index contributed by atoms with van der Waals surface area (Å²) in [5.74, 6) is 0.0818. The van der Waals surface area contributed by atoms with Gasteiger partial charge in [0.1, 0.15) is 5.75 Å². The second kappa shape index (κ2) is 4.67. The third-order valence-corrected chi connectivity index (χ3v) is 6.08. The van der Waals surface area contributed by atoms with Crippen LogP contribution < -0.4 is 0 Å². The number of rotatable bonds is 4. The highest BCUT2D eigenvalue weighted by molar-refractivity contribution is 7.48. The Labute approximate surface area is 94.5 Å². The van der Waals surface area contributed by atoms with E-state index < -0.39 is 16.2 Å². The van der Waals surface area contributed by atoms with Crippen LogP contribution in [-0.4, -0.2) is 18.3 Å². The number of phenols is 1. The van der Waals surface area contributed by atoms with Crippen molar-refractivity contribution >= 4 is 16.2 Å². The molecule has 1 rings (SSSR count). The molecule has 1 aromatic carbocycles. The zero-order valence-electron chi connectivity index (χ0n) is 9.05. The molecule has 2 N–H and O–H groups in total. The predicted octanol–water partition coefficient (Wildman–Crippen LogP) is 2.77. The number of aromatic hydroxyl groups is 1. The summed E-state index contributed by atoms with van der Waals surface area (Å²) in [4.78, 5) is 8.54. The van der Waals surface area contributed by atoms with Crippen LogP contribution in [0.1, 0.15) is 5.56 Å². The maximum Gasteiger partial charge on any atom is 0.500 e. The fourth-order valence-corrected chi connectivity index (χ4v) is 5.37. The number of phenolic OH excluding ortho intramolecular Hbond substituents is 1. The van der Waals surface area contributed by atoms with Crippen molar-refractivity contribution in [1.29, 1.82) is 0 Å². The molecule has 7 heteroatoms. The normalized spacial score (nSPS) is 15.8. The highest BCUT2D eigenvalue weighted by Gasteiger charge is 2.33. The minimum absolute atomic E-state index is 0.0818. The number of hydrogen-bond donors (Lipinski definition) is 2. The molecule has 1 unspecified atom stereocenters. The molecule has 90 valence electrons. The van der Waals surface area contributed by atoms with Crippen molar-refractivity contribution in [2.24, 2.45) is 0 Å². The summed E-state index contributed by atoms with van der Waals surface area (Å²) in [6.45, 7) is 3.23. The molecule has 1 aromatic rings. The van der Waals surface area contributed by atoms with Crippen LogP contribution in [0.25, 0.3) is 0 Å². The smallest absolute Gasteiger partial charge is 0.500 e. The summed E-state index contributed by atoms with van der Waals surface area (Å²) in [7, 11) is -7.62. The van der Waals surface area contributed by atoms with E-state index in [0.29, 0.717) is 5.56 Å². The summed E-state index contributed by atoms with van der Waals surface area (Å²) in [5.41, 5.74) is 0.590. The quantitative estimate of drug-likeness (QED) is 0.648. The van der Waals surface area contributed by atoms with Gasteiger partial charge >= 0.3 is 7.91 Å². The summed E-state index contributed by atoms with van der Waals surface area (Å²) in [6, 6.07) is 6.85. The zero-order chi connectivity index (χ0) is 12.4. The van der Waals surface area contributed by atoms with Crippen LogP contribution in [-0.2, 0) is 14.8 Å². The molecule has 0 aliphatic heterocycles. The second-order valence-electron chi connectivity index (χ2n) is 4.11. The van der Waals surface area contributed by atoms with E-state index >= 15 is 0 Å². The predicted molar refractivity (Wildman–Crippen MR) is 61.3 cm³/mol. The van der Waals surface area contributed by atoms with Gasteiger partial charge in [-0.1, -0.05) is 18.2 Å². The van der Waals surface area contributed by atoms with Gasteiger partial charge in [-0.2, -0.15) is 0 Å². The standard InChI is InChI=1S/C9H14FO4PSi/c1-16(2,14-15(10,12)13)7-8-5-3-4-6-9(8)11/h3-6,11H,7H2,1-2H3,(H,12,13). The molecule has 0 amide bonds. The summed E-state index contributed by atoms with van der Waals surface area (Å²) < 4.78 is 27.6. The molecule has 0 aromatic heterocycles. The first-order valence-corrected chi connectivity index (χ1v) is 9.28. The molecular weight excluding hydrogens is 250 g/mol. The SMILES string of the molecule is C[Si](C)(Cc1ccccc1O)OP(=O)(O)F. The fraction of sp³-hybridized carbons (Fsp3) is 0.333. The minimum atomic E-state index is -4.96. The van der Waals surface area contributed by atoms with Crippen LogP contribution in [0, 0.1) is 0 Å². The second-order valence-corrected chi connectivity index (χ2v) is 9.61. The maximum absolute atomic E-state index is 12.5. The number of hydrogen-bond acceptors (Lipinski definition) is 3. The molecule has 0 spiro atoms. The van der Waals surface area contributed by atoms with E-state index in [1.807, 2.05) is 0 Å². The minimum Gasteiger partial charge on any atom is -0.508 e. The molecule has 0 radical (unpaired) electrons. The monoisotopic (exact) mass is 264 g/mol. The Kier molecular flexibility index (Phi) is 3.91. The first-order valence-electron chi connectivity index (χ1n) is 4.70. The summed E-state index contributed by atoms with van der Waals surface area (Å²) in [5, 5.41) is 9.51. The van der Waals surface area contributed by atoms with Crippen LogP contribution in [0.5, 0.6) is 5.75 Å². The zero-order valence-corrected chi connectivity index (χ0v) is 10.9. The van der Waals surface area contributed by atoms with Crippen molar-refractivity contribution in [3.05, 3.63) is 29.8 Å². The lowest BCUT2D eigenvalue weighted by Crippen LogP contribution is -2.32. The molecule has 16 heavy (non-hydrogen) atoms. The maximum atomic E-state index is 12.5. The Hall–Kier alpha value is -0.683. The third-order valence-electron chi connectivity index (χ3n) is 1.97. The van der Waals surface area contributed by atoms with E-state index in [-0.39, 0.29) is 11.8 Å². The molecule has 0 saturated carbocycles. The molecule has 0 aliphatic rings. The van der Waals surface area contributed by atoms with Gasteiger partial charge < -0.3 is 9.32 Å². The molecule has 0 bridgehead atoms. The van der Waals surface area contributed by atoms with E-state index in [1.54, 1.807) is 31.3 Å². The highest BCUT2D eigenvalue weighted by Crippen LogP contribution is 2.47. The third kappa shape index (κ3) is 4.45. The Bertz CT molecular complexity index is 418. The van der Waals surface area contributed by atoms with Gasteiger partial charge in [-0.05, 0) is 30.8 Å². The average molecular weight is 264 g/mol. The molecule has 4 nitrogen and oxygen atoms in total. The molecule has 0 saturated heterocycles. The Balaban J connectivity index is 2.81. The molecule has 1 atom stereocenters. The van der Waals surface area contributed by atoms with Gasteiger partial charge in [0, 0.05) is 0 Å². The first kappa shape index (κ1) is 13.4. The lowest BCUT2D eigenvalue weighted by molar-refractivity contribution is 0.326.